The molecule has 0 bridgehead atoms. The topological polar surface area (TPSA) is 9.23 Å². The summed E-state index contributed by atoms with van der Waals surface area (Å²) in [6.07, 6.45) is -4.62. The molecule has 368 valence electrons. The second-order valence-electron chi connectivity index (χ2n) is 18.4. The first-order valence-electron chi connectivity index (χ1n) is 23.0. The fourth-order valence-electron chi connectivity index (χ4n) is 6.03. The van der Waals surface area contributed by atoms with Crippen LogP contribution in [0.4, 0.5) is 26.3 Å². The van der Waals surface area contributed by atoms with Crippen LogP contribution in [0.25, 0.3) is 0 Å². The van der Waals surface area contributed by atoms with E-state index in [2.05, 4.69) is 129 Å². The zero-order chi connectivity index (χ0) is 50.3. The predicted octanol–water partition coefficient (Wildman–Crippen LogP) is 20.0. The van der Waals surface area contributed by atoms with Crippen molar-refractivity contribution in [3.05, 3.63) is 207 Å². The molecule has 6 rings (SSSR count). The van der Waals surface area contributed by atoms with Crippen LogP contribution in [0.3, 0.4) is 0 Å². The third-order valence-corrected chi connectivity index (χ3v) is 10.4. The van der Waals surface area contributed by atoms with Gasteiger partial charge in [-0.1, -0.05) is 193 Å². The number of hydrogen-bond donors (Lipinski definition) is 0. The van der Waals surface area contributed by atoms with E-state index in [1.54, 1.807) is 38.1 Å². The van der Waals surface area contributed by atoms with Gasteiger partial charge in [-0.3, -0.25) is 0 Å². The molecule has 6 aromatic rings. The summed E-state index contributed by atoms with van der Waals surface area (Å²) in [4.78, 5) is 0. The summed E-state index contributed by atoms with van der Waals surface area (Å²) in [5.74, 6) is 2.44. The van der Waals surface area contributed by atoms with Crippen molar-refractivity contribution in [1.82, 2.24) is 0 Å². The Bertz CT molecular complexity index is 2170. The van der Waals surface area contributed by atoms with Crippen LogP contribution in [-0.4, -0.2) is 6.36 Å². The molecule has 0 aromatic heterocycles. The van der Waals surface area contributed by atoms with Crippen LogP contribution in [0.2, 0.25) is 0 Å². The third kappa shape index (κ3) is 26.0. The molecular formula is C60H80F6O. The molecule has 6 aromatic carbocycles. The Morgan fingerprint density at radius 1 is 0.358 bits per heavy atom. The molecule has 7 heteroatoms. The molecule has 0 heterocycles. The minimum Gasteiger partial charge on any atom is -0.406 e. The fraction of sp³-hybridized carbons (Fsp3) is 0.400. The Hall–Kier alpha value is -5.30. The molecular weight excluding hydrogens is 851 g/mol. The number of alkyl halides is 3. The predicted molar refractivity (Wildman–Crippen MR) is 275 cm³/mol. The summed E-state index contributed by atoms with van der Waals surface area (Å²) in [7, 11) is 0. The zero-order valence-corrected chi connectivity index (χ0v) is 42.3. The number of aryl methyl sites for hydroxylation is 4. The highest BCUT2D eigenvalue weighted by Crippen LogP contribution is 2.28. The molecule has 0 radical (unpaired) electrons. The summed E-state index contributed by atoms with van der Waals surface area (Å²) >= 11 is 0. The summed E-state index contributed by atoms with van der Waals surface area (Å²) in [5.41, 5.74) is 10.9. The molecule has 0 saturated carbocycles. The Morgan fingerprint density at radius 3 is 1.12 bits per heavy atom. The van der Waals surface area contributed by atoms with Gasteiger partial charge in [0.25, 0.3) is 0 Å². The Morgan fingerprint density at radius 2 is 0.746 bits per heavy atom. The molecule has 0 aliphatic heterocycles. The summed E-state index contributed by atoms with van der Waals surface area (Å²) in [5, 5.41) is 0. The summed E-state index contributed by atoms with van der Waals surface area (Å²) < 4.78 is 77.6. The molecule has 0 aliphatic carbocycles. The Balaban J connectivity index is 0.000000784. The highest BCUT2D eigenvalue weighted by molar-refractivity contribution is 5.37. The van der Waals surface area contributed by atoms with Crippen molar-refractivity contribution in [2.45, 2.75) is 160 Å². The van der Waals surface area contributed by atoms with Crippen molar-refractivity contribution in [2.24, 2.45) is 0 Å². The molecule has 0 unspecified atom stereocenters. The van der Waals surface area contributed by atoms with Crippen molar-refractivity contribution >= 4 is 0 Å². The van der Waals surface area contributed by atoms with Gasteiger partial charge in [0.15, 0.2) is 0 Å². The quantitative estimate of drug-likeness (QED) is 0.145. The van der Waals surface area contributed by atoms with Crippen LogP contribution in [0.5, 0.6) is 5.75 Å². The highest BCUT2D eigenvalue weighted by Gasteiger charge is 2.31. The SMILES string of the molecule is C.CC(C)c1ccc(F)cc1.CC(C)c1ccccc1.Cc1cc(C(C)C)ccc1F.Cc1cc(C(C)C)ccc1OC(F)(F)F.Cc1cc(F)cc(C(C)C)c1.Cc1ccc(C(C)C)cc1. The van der Waals surface area contributed by atoms with E-state index in [9.17, 15) is 26.3 Å². The number of benzene rings is 6. The highest BCUT2D eigenvalue weighted by atomic mass is 19.4. The van der Waals surface area contributed by atoms with Crippen LogP contribution in [0.1, 0.15) is 182 Å². The van der Waals surface area contributed by atoms with Gasteiger partial charge < -0.3 is 4.74 Å². The van der Waals surface area contributed by atoms with E-state index in [-0.39, 0.29) is 30.6 Å². The first-order valence-corrected chi connectivity index (χ1v) is 23.0. The van der Waals surface area contributed by atoms with Crippen molar-refractivity contribution in [2.75, 3.05) is 0 Å². The molecule has 0 saturated heterocycles. The molecule has 0 amide bonds. The molecule has 0 fully saturated rings. The number of halogens is 6. The average Bonchev–Trinajstić information content (AvgIpc) is 3.23. The molecule has 67 heavy (non-hydrogen) atoms. The van der Waals surface area contributed by atoms with Gasteiger partial charge in [0.1, 0.15) is 23.2 Å². The van der Waals surface area contributed by atoms with E-state index in [1.807, 2.05) is 57.2 Å². The first kappa shape index (κ1) is 61.7. The summed E-state index contributed by atoms with van der Waals surface area (Å²) in [6, 6.07) is 41.0. The number of hydrogen-bond acceptors (Lipinski definition) is 1. The van der Waals surface area contributed by atoms with E-state index in [1.165, 1.54) is 52.1 Å². The van der Waals surface area contributed by atoms with Crippen LogP contribution in [0.15, 0.2) is 133 Å². The fourth-order valence-corrected chi connectivity index (χ4v) is 6.03. The van der Waals surface area contributed by atoms with Gasteiger partial charge in [-0.05, 0) is 150 Å². The maximum Gasteiger partial charge on any atom is 0.573 e. The minimum absolute atomic E-state index is 0. The van der Waals surface area contributed by atoms with Gasteiger partial charge in [-0.25, -0.2) is 13.2 Å². The molecule has 0 atom stereocenters. The van der Waals surface area contributed by atoms with Gasteiger partial charge >= 0.3 is 6.36 Å². The smallest absolute Gasteiger partial charge is 0.406 e. The van der Waals surface area contributed by atoms with Crippen LogP contribution < -0.4 is 4.74 Å². The lowest BCUT2D eigenvalue weighted by Crippen LogP contribution is -2.17. The van der Waals surface area contributed by atoms with Crippen molar-refractivity contribution in [3.63, 3.8) is 0 Å². The van der Waals surface area contributed by atoms with E-state index in [0.717, 1.165) is 22.3 Å². The van der Waals surface area contributed by atoms with Crippen molar-refractivity contribution in [3.8, 4) is 5.75 Å². The lowest BCUT2D eigenvalue weighted by atomic mass is 10.0. The van der Waals surface area contributed by atoms with Crippen LogP contribution >= 0.6 is 0 Å². The maximum absolute atomic E-state index is 12.8. The second-order valence-corrected chi connectivity index (χ2v) is 18.4. The lowest BCUT2D eigenvalue weighted by molar-refractivity contribution is -0.274. The van der Waals surface area contributed by atoms with Gasteiger partial charge in [0.2, 0.25) is 0 Å². The zero-order valence-electron chi connectivity index (χ0n) is 42.3. The number of ether oxygens (including phenoxy) is 1. The van der Waals surface area contributed by atoms with Crippen LogP contribution in [0, 0.1) is 45.1 Å². The van der Waals surface area contributed by atoms with Gasteiger partial charge in [0, 0.05) is 0 Å². The molecule has 0 aliphatic rings. The Labute approximate surface area is 402 Å². The molecule has 0 spiro atoms. The molecule has 1 nitrogen and oxygen atoms in total. The first-order chi connectivity index (χ1) is 30.7. The average molecular weight is 931 g/mol. The van der Waals surface area contributed by atoms with E-state index >= 15 is 0 Å². The normalized spacial score (nSPS) is 10.6. The monoisotopic (exact) mass is 931 g/mol. The van der Waals surface area contributed by atoms with E-state index < -0.39 is 6.36 Å². The van der Waals surface area contributed by atoms with Gasteiger partial charge in [-0.15, -0.1) is 13.2 Å². The van der Waals surface area contributed by atoms with E-state index in [0.29, 0.717) is 41.1 Å². The van der Waals surface area contributed by atoms with E-state index in [4.69, 9.17) is 0 Å². The lowest BCUT2D eigenvalue weighted by Gasteiger charge is -2.13. The maximum atomic E-state index is 12.8. The van der Waals surface area contributed by atoms with Crippen LogP contribution in [-0.2, 0) is 0 Å². The minimum atomic E-state index is -4.62. The Kier molecular flexibility index (Phi) is 28.4. The van der Waals surface area contributed by atoms with Crippen molar-refractivity contribution in [1.29, 1.82) is 0 Å². The summed E-state index contributed by atoms with van der Waals surface area (Å²) in [6.45, 7) is 32.7. The van der Waals surface area contributed by atoms with Gasteiger partial charge in [0.05, 0.1) is 0 Å². The van der Waals surface area contributed by atoms with Crippen molar-refractivity contribution < 1.29 is 31.1 Å². The molecule has 0 N–H and O–H groups in total. The number of rotatable bonds is 7. The largest absolute Gasteiger partial charge is 0.573 e. The standard InChI is InChI=1S/C11H13F3O.2C10H13F.C10H14.C9H11F.C9H12.CH4/c1-7(2)9-4-5-10(8(3)6-9)15-11(12,13)14;1-7(2)9-4-8(3)5-10(11)6-9;1-7(2)9-4-5-10(11)8(3)6-9;1-8(2)10-6-4-9(3)5-7-10;1-7(2)8-3-5-9(10)6-4-8;1-8(2)9-6-4-3-5-7-9;/h4-7H,1-3H3;2*4-7H,1-3H3;4-8H,1-3H3;3-7H,1-2H3;3-8H,1-2H3;1H4. The third-order valence-electron chi connectivity index (χ3n) is 10.4. The van der Waals surface area contributed by atoms with Gasteiger partial charge in [-0.2, -0.15) is 0 Å². The second kappa shape index (κ2) is 30.9.